The summed E-state index contributed by atoms with van der Waals surface area (Å²) in [5, 5.41) is 0. The Kier molecular flexibility index (Phi) is 6.21. The lowest BCUT2D eigenvalue weighted by Crippen LogP contribution is -2.23. The monoisotopic (exact) mass is 252 g/mol. The Hall–Kier alpha value is 0. The number of rotatable bonds is 6. The van der Waals surface area contributed by atoms with Crippen LogP contribution in [0.25, 0.3) is 0 Å². The predicted octanol–water partition coefficient (Wildman–Crippen LogP) is 6.30. The molecule has 0 aromatic carbocycles. The molecule has 0 radical (unpaired) electrons. The summed E-state index contributed by atoms with van der Waals surface area (Å²) < 4.78 is 0. The fraction of sp³-hybridized carbons (Fsp3) is 1.00. The van der Waals surface area contributed by atoms with Gasteiger partial charge in [0.2, 0.25) is 0 Å². The molecule has 1 saturated carbocycles. The molecule has 18 heavy (non-hydrogen) atoms. The van der Waals surface area contributed by atoms with Crippen LogP contribution in [-0.4, -0.2) is 0 Å². The maximum Gasteiger partial charge on any atom is -0.0357 e. The smallest absolute Gasteiger partial charge is 0.0357 e. The van der Waals surface area contributed by atoms with Gasteiger partial charge in [-0.1, -0.05) is 67.2 Å². The Labute approximate surface area is 116 Å². The molecule has 0 N–H and O–H groups in total. The molecule has 0 aliphatic heterocycles. The van der Waals surface area contributed by atoms with Crippen LogP contribution < -0.4 is 0 Å². The lowest BCUT2D eigenvalue weighted by Gasteiger charge is -2.32. The molecule has 1 rings (SSSR count). The molecule has 0 nitrogen and oxygen atoms in total. The first-order chi connectivity index (χ1) is 8.35. The summed E-state index contributed by atoms with van der Waals surface area (Å²) in [6, 6.07) is 0. The highest BCUT2D eigenvalue weighted by atomic mass is 14.4. The van der Waals surface area contributed by atoms with Crippen LogP contribution in [0, 0.1) is 29.1 Å². The summed E-state index contributed by atoms with van der Waals surface area (Å²) in [5.74, 6) is 3.93. The molecule has 0 aromatic heterocycles. The second kappa shape index (κ2) is 6.96. The SMILES string of the molecule is CCCCCC1C(C)CCC1C(C)CC(C)(C)C. The van der Waals surface area contributed by atoms with Crippen LogP contribution in [0.3, 0.4) is 0 Å². The van der Waals surface area contributed by atoms with E-state index in [9.17, 15) is 0 Å². The van der Waals surface area contributed by atoms with Crippen LogP contribution in [0.4, 0.5) is 0 Å². The molecule has 1 aliphatic rings. The Morgan fingerprint density at radius 3 is 2.33 bits per heavy atom. The standard InChI is InChI=1S/C18H36/c1-7-8-9-10-16-14(2)11-12-17(16)15(3)13-18(4,5)6/h14-17H,7-13H2,1-6H3. The zero-order chi connectivity index (χ0) is 13.8. The van der Waals surface area contributed by atoms with Gasteiger partial charge in [0.05, 0.1) is 0 Å². The Bertz CT molecular complexity index is 223. The molecule has 0 heterocycles. The fourth-order valence-corrected chi connectivity index (χ4v) is 4.26. The molecule has 4 atom stereocenters. The average Bonchev–Trinajstić information content (AvgIpc) is 2.58. The summed E-state index contributed by atoms with van der Waals surface area (Å²) >= 11 is 0. The first-order valence-electron chi connectivity index (χ1n) is 8.35. The highest BCUT2D eigenvalue weighted by Gasteiger charge is 2.36. The van der Waals surface area contributed by atoms with Crippen LogP contribution in [0.15, 0.2) is 0 Å². The maximum absolute atomic E-state index is 2.51. The molecule has 108 valence electrons. The minimum Gasteiger partial charge on any atom is -0.0654 e. The van der Waals surface area contributed by atoms with E-state index in [-0.39, 0.29) is 0 Å². The lowest BCUT2D eigenvalue weighted by atomic mass is 9.73. The fourth-order valence-electron chi connectivity index (χ4n) is 4.26. The normalized spacial score (nSPS) is 30.7. The largest absolute Gasteiger partial charge is 0.0654 e. The van der Waals surface area contributed by atoms with Crippen LogP contribution in [0.1, 0.15) is 86.5 Å². The zero-order valence-electron chi connectivity index (χ0n) is 13.8. The summed E-state index contributed by atoms with van der Waals surface area (Å²) in [6.07, 6.45) is 10.1. The molecule has 0 spiro atoms. The van der Waals surface area contributed by atoms with Crippen molar-refractivity contribution in [2.45, 2.75) is 86.5 Å². The van der Waals surface area contributed by atoms with Gasteiger partial charge in [-0.3, -0.25) is 0 Å². The van der Waals surface area contributed by atoms with Crippen LogP contribution in [0.2, 0.25) is 0 Å². The molecule has 0 heteroatoms. The van der Waals surface area contributed by atoms with Gasteiger partial charge < -0.3 is 0 Å². The van der Waals surface area contributed by atoms with Crippen molar-refractivity contribution in [3.63, 3.8) is 0 Å². The lowest BCUT2D eigenvalue weighted by molar-refractivity contribution is 0.178. The molecule has 0 saturated heterocycles. The van der Waals surface area contributed by atoms with Gasteiger partial charge in [0.15, 0.2) is 0 Å². The highest BCUT2D eigenvalue weighted by molar-refractivity contribution is 4.86. The second-order valence-electron chi connectivity index (χ2n) is 8.12. The third-order valence-electron chi connectivity index (χ3n) is 5.04. The Morgan fingerprint density at radius 1 is 1.11 bits per heavy atom. The van der Waals surface area contributed by atoms with Crippen molar-refractivity contribution < 1.29 is 0 Å². The minimum absolute atomic E-state index is 0.499. The molecule has 0 aromatic rings. The van der Waals surface area contributed by atoms with E-state index in [1.807, 2.05) is 0 Å². The summed E-state index contributed by atoms with van der Waals surface area (Å²) in [4.78, 5) is 0. The van der Waals surface area contributed by atoms with E-state index >= 15 is 0 Å². The van der Waals surface area contributed by atoms with Crippen LogP contribution in [0.5, 0.6) is 0 Å². The van der Waals surface area contributed by atoms with Crippen LogP contribution in [-0.2, 0) is 0 Å². The van der Waals surface area contributed by atoms with Crippen molar-refractivity contribution in [2.75, 3.05) is 0 Å². The van der Waals surface area contributed by atoms with Crippen molar-refractivity contribution in [3.05, 3.63) is 0 Å². The second-order valence-corrected chi connectivity index (χ2v) is 8.12. The van der Waals surface area contributed by atoms with Crippen LogP contribution >= 0.6 is 0 Å². The average molecular weight is 252 g/mol. The topological polar surface area (TPSA) is 0 Å². The van der Waals surface area contributed by atoms with E-state index in [1.54, 1.807) is 0 Å². The molecular weight excluding hydrogens is 216 g/mol. The Morgan fingerprint density at radius 2 is 1.78 bits per heavy atom. The van der Waals surface area contributed by atoms with E-state index in [1.165, 1.54) is 44.9 Å². The van der Waals surface area contributed by atoms with E-state index < -0.39 is 0 Å². The first-order valence-corrected chi connectivity index (χ1v) is 8.35. The summed E-state index contributed by atoms with van der Waals surface area (Å²) in [7, 11) is 0. The molecule has 4 unspecified atom stereocenters. The van der Waals surface area contributed by atoms with Gasteiger partial charge in [-0.2, -0.15) is 0 Å². The molecule has 0 bridgehead atoms. The molecule has 1 fully saturated rings. The van der Waals surface area contributed by atoms with Gasteiger partial charge in [0.1, 0.15) is 0 Å². The van der Waals surface area contributed by atoms with Gasteiger partial charge >= 0.3 is 0 Å². The number of hydrogen-bond donors (Lipinski definition) is 0. The first kappa shape index (κ1) is 16.1. The van der Waals surface area contributed by atoms with Gasteiger partial charge in [0, 0.05) is 0 Å². The van der Waals surface area contributed by atoms with Crippen molar-refractivity contribution in [2.24, 2.45) is 29.1 Å². The van der Waals surface area contributed by atoms with E-state index in [2.05, 4.69) is 41.5 Å². The third-order valence-corrected chi connectivity index (χ3v) is 5.04. The number of hydrogen-bond acceptors (Lipinski definition) is 0. The van der Waals surface area contributed by atoms with Gasteiger partial charge in [0.25, 0.3) is 0 Å². The molecule has 1 aliphatic carbocycles. The summed E-state index contributed by atoms with van der Waals surface area (Å²) in [6.45, 7) is 14.5. The zero-order valence-corrected chi connectivity index (χ0v) is 13.8. The maximum atomic E-state index is 2.51. The van der Waals surface area contributed by atoms with Crippen molar-refractivity contribution in [3.8, 4) is 0 Å². The van der Waals surface area contributed by atoms with Crippen molar-refractivity contribution >= 4 is 0 Å². The van der Waals surface area contributed by atoms with Crippen molar-refractivity contribution in [1.29, 1.82) is 0 Å². The number of unbranched alkanes of at least 4 members (excludes halogenated alkanes) is 2. The van der Waals surface area contributed by atoms with E-state index in [4.69, 9.17) is 0 Å². The third kappa shape index (κ3) is 4.94. The van der Waals surface area contributed by atoms with E-state index in [0.717, 1.165) is 23.7 Å². The molecule has 0 amide bonds. The van der Waals surface area contributed by atoms with Gasteiger partial charge in [-0.05, 0) is 48.3 Å². The predicted molar refractivity (Wildman–Crippen MR) is 82.8 cm³/mol. The molecular formula is C18H36. The van der Waals surface area contributed by atoms with E-state index in [0.29, 0.717) is 5.41 Å². The van der Waals surface area contributed by atoms with Crippen molar-refractivity contribution in [1.82, 2.24) is 0 Å². The van der Waals surface area contributed by atoms with Gasteiger partial charge in [-0.25, -0.2) is 0 Å². The Balaban J connectivity index is 2.51. The highest BCUT2D eigenvalue weighted by Crippen LogP contribution is 2.46. The van der Waals surface area contributed by atoms with Gasteiger partial charge in [-0.15, -0.1) is 0 Å². The minimum atomic E-state index is 0.499. The quantitative estimate of drug-likeness (QED) is 0.486. The summed E-state index contributed by atoms with van der Waals surface area (Å²) in [5.41, 5.74) is 0.499.